The molecule has 2 aliphatic rings. The number of nitrogens with one attached hydrogen (secondary N) is 1. The van der Waals surface area contributed by atoms with Crippen molar-refractivity contribution in [2.75, 3.05) is 26.2 Å². The van der Waals surface area contributed by atoms with Crippen molar-refractivity contribution >= 4 is 16.8 Å². The highest BCUT2D eigenvalue weighted by Gasteiger charge is 2.34. The van der Waals surface area contributed by atoms with E-state index in [1.54, 1.807) is 0 Å². The second kappa shape index (κ2) is 5.11. The van der Waals surface area contributed by atoms with Gasteiger partial charge in [0.2, 0.25) is 0 Å². The van der Waals surface area contributed by atoms with Gasteiger partial charge in [0.15, 0.2) is 0 Å². The van der Waals surface area contributed by atoms with Gasteiger partial charge in [0.1, 0.15) is 5.69 Å². The third-order valence-electron chi connectivity index (χ3n) is 4.81. The summed E-state index contributed by atoms with van der Waals surface area (Å²) in [4.78, 5) is 19.2. The minimum absolute atomic E-state index is 0.0751. The van der Waals surface area contributed by atoms with Crippen molar-refractivity contribution in [1.29, 1.82) is 0 Å². The SMILES string of the molecule is O=C(c1ccc2ccccc2n1)N1CCC2CNCC2C1. The molecule has 2 unspecified atom stereocenters. The maximum absolute atomic E-state index is 12.7. The number of aromatic nitrogens is 1. The number of fused-ring (bicyclic) bond motifs is 2. The summed E-state index contributed by atoms with van der Waals surface area (Å²) in [5.74, 6) is 1.44. The van der Waals surface area contributed by atoms with Crippen LogP contribution < -0.4 is 5.32 Å². The lowest BCUT2D eigenvalue weighted by atomic mass is 9.88. The van der Waals surface area contributed by atoms with Crippen LogP contribution >= 0.6 is 0 Å². The van der Waals surface area contributed by atoms with Gasteiger partial charge in [0.05, 0.1) is 5.52 Å². The summed E-state index contributed by atoms with van der Waals surface area (Å²) >= 11 is 0. The predicted octanol–water partition coefficient (Wildman–Crippen LogP) is 1.92. The molecule has 2 aromatic rings. The van der Waals surface area contributed by atoms with Crippen molar-refractivity contribution in [3.05, 3.63) is 42.1 Å². The molecule has 2 atom stereocenters. The van der Waals surface area contributed by atoms with Crippen LogP contribution in [0.5, 0.6) is 0 Å². The molecule has 1 aromatic carbocycles. The summed E-state index contributed by atoms with van der Waals surface area (Å²) in [5, 5.41) is 4.51. The third kappa shape index (κ3) is 2.29. The van der Waals surface area contributed by atoms with E-state index in [-0.39, 0.29) is 5.91 Å². The lowest BCUT2D eigenvalue weighted by molar-refractivity contribution is 0.0637. The molecule has 4 heteroatoms. The number of likely N-dealkylation sites (tertiary alicyclic amines) is 1. The smallest absolute Gasteiger partial charge is 0.272 e. The summed E-state index contributed by atoms with van der Waals surface area (Å²) in [6.45, 7) is 3.88. The van der Waals surface area contributed by atoms with Gasteiger partial charge in [-0.2, -0.15) is 0 Å². The zero-order chi connectivity index (χ0) is 14.2. The molecule has 2 saturated heterocycles. The minimum atomic E-state index is 0.0751. The number of piperidine rings is 1. The Balaban J connectivity index is 1.58. The van der Waals surface area contributed by atoms with Crippen LogP contribution in [-0.4, -0.2) is 42.0 Å². The molecule has 108 valence electrons. The van der Waals surface area contributed by atoms with Crippen molar-refractivity contribution in [2.24, 2.45) is 11.8 Å². The molecule has 4 rings (SSSR count). The second-order valence-electron chi connectivity index (χ2n) is 6.11. The average Bonchev–Trinajstić information content (AvgIpc) is 3.01. The third-order valence-corrected chi connectivity index (χ3v) is 4.81. The Hall–Kier alpha value is -1.94. The van der Waals surface area contributed by atoms with Gasteiger partial charge >= 0.3 is 0 Å². The minimum Gasteiger partial charge on any atom is -0.337 e. The molecule has 0 aliphatic carbocycles. The number of amides is 1. The number of rotatable bonds is 1. The van der Waals surface area contributed by atoms with Gasteiger partial charge < -0.3 is 10.2 Å². The normalized spacial score (nSPS) is 25.0. The molecule has 1 aromatic heterocycles. The van der Waals surface area contributed by atoms with E-state index >= 15 is 0 Å². The molecular formula is C17H19N3O. The van der Waals surface area contributed by atoms with E-state index < -0.39 is 0 Å². The lowest BCUT2D eigenvalue weighted by Gasteiger charge is -2.34. The van der Waals surface area contributed by atoms with Gasteiger partial charge in [-0.15, -0.1) is 0 Å². The maximum atomic E-state index is 12.7. The van der Waals surface area contributed by atoms with E-state index in [1.165, 1.54) is 0 Å². The number of pyridine rings is 1. The van der Waals surface area contributed by atoms with Crippen LogP contribution in [0, 0.1) is 11.8 Å². The van der Waals surface area contributed by atoms with E-state index in [0.29, 0.717) is 11.6 Å². The van der Waals surface area contributed by atoms with Crippen molar-refractivity contribution in [2.45, 2.75) is 6.42 Å². The summed E-state index contributed by atoms with van der Waals surface area (Å²) in [6, 6.07) is 11.8. The molecule has 1 N–H and O–H groups in total. The fraction of sp³-hybridized carbons (Fsp3) is 0.412. The zero-order valence-electron chi connectivity index (χ0n) is 12.0. The van der Waals surface area contributed by atoms with E-state index in [4.69, 9.17) is 0 Å². The van der Waals surface area contributed by atoms with Crippen LogP contribution in [0.15, 0.2) is 36.4 Å². The molecule has 0 spiro atoms. The van der Waals surface area contributed by atoms with E-state index in [9.17, 15) is 4.79 Å². The largest absolute Gasteiger partial charge is 0.337 e. The highest BCUT2D eigenvalue weighted by atomic mass is 16.2. The summed E-state index contributed by atoms with van der Waals surface area (Å²) in [6.07, 6.45) is 1.11. The maximum Gasteiger partial charge on any atom is 0.272 e. The Morgan fingerprint density at radius 1 is 1.14 bits per heavy atom. The first-order chi connectivity index (χ1) is 10.3. The van der Waals surface area contributed by atoms with E-state index in [1.807, 2.05) is 41.3 Å². The first kappa shape index (κ1) is 12.8. The Morgan fingerprint density at radius 3 is 2.95 bits per heavy atom. The number of hydrogen-bond acceptors (Lipinski definition) is 3. The van der Waals surface area contributed by atoms with Gasteiger partial charge in [-0.3, -0.25) is 4.79 Å². The number of para-hydroxylation sites is 1. The standard InChI is InChI=1S/C17H19N3O/c21-17(20-8-7-13-9-18-10-14(13)11-20)16-6-5-12-3-1-2-4-15(12)19-16/h1-6,13-14,18H,7-11H2. The van der Waals surface area contributed by atoms with Crippen molar-refractivity contribution in [1.82, 2.24) is 15.2 Å². The molecule has 2 fully saturated rings. The van der Waals surface area contributed by atoms with Crippen molar-refractivity contribution in [3.8, 4) is 0 Å². The highest BCUT2D eigenvalue weighted by molar-refractivity contribution is 5.95. The molecule has 0 saturated carbocycles. The van der Waals surface area contributed by atoms with E-state index in [0.717, 1.165) is 49.4 Å². The fourth-order valence-corrected chi connectivity index (χ4v) is 3.57. The Kier molecular flexibility index (Phi) is 3.11. The monoisotopic (exact) mass is 281 g/mol. The Labute approximate surface area is 124 Å². The van der Waals surface area contributed by atoms with Crippen LogP contribution in [-0.2, 0) is 0 Å². The predicted molar refractivity (Wildman–Crippen MR) is 82.1 cm³/mol. The van der Waals surface area contributed by atoms with Gasteiger partial charge in [-0.05, 0) is 43.5 Å². The second-order valence-corrected chi connectivity index (χ2v) is 6.11. The van der Waals surface area contributed by atoms with Gasteiger partial charge in [-0.1, -0.05) is 24.3 Å². The number of benzene rings is 1. The summed E-state index contributed by atoms with van der Waals surface area (Å²) in [5.41, 5.74) is 1.46. The average molecular weight is 281 g/mol. The summed E-state index contributed by atoms with van der Waals surface area (Å²) < 4.78 is 0. The molecule has 2 aliphatic heterocycles. The zero-order valence-corrected chi connectivity index (χ0v) is 12.0. The number of hydrogen-bond donors (Lipinski definition) is 1. The van der Waals surface area contributed by atoms with Crippen LogP contribution in [0.25, 0.3) is 10.9 Å². The van der Waals surface area contributed by atoms with Crippen LogP contribution in [0.3, 0.4) is 0 Å². The molecular weight excluding hydrogens is 262 g/mol. The highest BCUT2D eigenvalue weighted by Crippen LogP contribution is 2.27. The molecule has 0 bridgehead atoms. The number of carbonyl (C=O) groups is 1. The summed E-state index contributed by atoms with van der Waals surface area (Å²) in [7, 11) is 0. The lowest BCUT2D eigenvalue weighted by Crippen LogP contribution is -2.43. The molecule has 1 amide bonds. The number of carbonyl (C=O) groups excluding carboxylic acids is 1. The van der Waals surface area contributed by atoms with Gasteiger partial charge in [0, 0.05) is 18.5 Å². The topological polar surface area (TPSA) is 45.2 Å². The van der Waals surface area contributed by atoms with Crippen LogP contribution in [0.4, 0.5) is 0 Å². The van der Waals surface area contributed by atoms with E-state index in [2.05, 4.69) is 10.3 Å². The van der Waals surface area contributed by atoms with Crippen molar-refractivity contribution in [3.63, 3.8) is 0 Å². The molecule has 21 heavy (non-hydrogen) atoms. The van der Waals surface area contributed by atoms with Crippen LogP contribution in [0.1, 0.15) is 16.9 Å². The quantitative estimate of drug-likeness (QED) is 0.868. The number of nitrogens with zero attached hydrogens (tertiary/aromatic N) is 2. The first-order valence-corrected chi connectivity index (χ1v) is 7.67. The van der Waals surface area contributed by atoms with Crippen LogP contribution in [0.2, 0.25) is 0 Å². The van der Waals surface area contributed by atoms with Gasteiger partial charge in [-0.25, -0.2) is 4.98 Å². The first-order valence-electron chi connectivity index (χ1n) is 7.67. The van der Waals surface area contributed by atoms with Gasteiger partial charge in [0.25, 0.3) is 5.91 Å². The Bertz CT molecular complexity index is 685. The fourth-order valence-electron chi connectivity index (χ4n) is 3.57. The molecule has 3 heterocycles. The Morgan fingerprint density at radius 2 is 2.00 bits per heavy atom. The molecule has 0 radical (unpaired) electrons. The van der Waals surface area contributed by atoms with Crippen molar-refractivity contribution < 1.29 is 4.79 Å². The molecule has 4 nitrogen and oxygen atoms in total.